The van der Waals surface area contributed by atoms with Gasteiger partial charge >= 0.3 is 0 Å². The van der Waals surface area contributed by atoms with Crippen LogP contribution in [0, 0.1) is 12.8 Å². The van der Waals surface area contributed by atoms with Crippen molar-refractivity contribution in [2.24, 2.45) is 16.6 Å². The van der Waals surface area contributed by atoms with Crippen molar-refractivity contribution >= 4 is 23.7 Å². The molecule has 3 aliphatic rings. The third-order valence-electron chi connectivity index (χ3n) is 5.71. The summed E-state index contributed by atoms with van der Waals surface area (Å²) in [5.41, 5.74) is 8.85. The van der Waals surface area contributed by atoms with Crippen molar-refractivity contribution in [2.75, 3.05) is 4.90 Å². The second-order valence-electron chi connectivity index (χ2n) is 7.74. The Hall–Kier alpha value is -2.21. The molecule has 1 aliphatic heterocycles. The van der Waals surface area contributed by atoms with Crippen LogP contribution >= 0.6 is 0 Å². The summed E-state index contributed by atoms with van der Waals surface area (Å²) in [5.74, 6) is 0.200. The van der Waals surface area contributed by atoms with E-state index in [2.05, 4.69) is 10.3 Å². The summed E-state index contributed by atoms with van der Waals surface area (Å²) in [5, 5.41) is 3.01. The van der Waals surface area contributed by atoms with E-state index in [-0.39, 0.29) is 17.6 Å². The number of hydrogen-bond donors (Lipinski definition) is 2. The number of aryl methyl sites for hydroxylation is 1. The van der Waals surface area contributed by atoms with Crippen LogP contribution in [-0.2, 0) is 4.79 Å². The number of rotatable bonds is 5. The number of Topliss-reactive ketones (excluding diaryl/α,β-unsaturated/α-hetero) is 1. The van der Waals surface area contributed by atoms with Crippen molar-refractivity contribution in [3.63, 3.8) is 0 Å². The lowest BCUT2D eigenvalue weighted by molar-refractivity contribution is -0.124. The number of carbonyl (C=O) groups excluding carboxylic acids is 2. The topological polar surface area (TPSA) is 87.8 Å². The van der Waals surface area contributed by atoms with Crippen LogP contribution in [0.4, 0.5) is 5.69 Å². The number of amides is 1. The summed E-state index contributed by atoms with van der Waals surface area (Å²) in [4.78, 5) is 31.3. The molecule has 2 atom stereocenters. The molecule has 3 N–H and O–H groups in total. The fraction of sp³-hybridized carbons (Fsp3) is 0.550. The van der Waals surface area contributed by atoms with Crippen LogP contribution in [0.15, 0.2) is 23.2 Å². The van der Waals surface area contributed by atoms with Crippen molar-refractivity contribution in [1.82, 2.24) is 5.32 Å². The monoisotopic (exact) mass is 354 g/mol. The number of nitrogens with zero attached hydrogens (tertiary/aromatic N) is 2. The molecule has 138 valence electrons. The molecular formula is C20H26N4O2. The van der Waals surface area contributed by atoms with Crippen molar-refractivity contribution in [1.29, 1.82) is 0 Å². The highest BCUT2D eigenvalue weighted by Crippen LogP contribution is 2.31. The molecule has 0 bridgehead atoms. The molecule has 1 heterocycles. The van der Waals surface area contributed by atoms with E-state index in [0.29, 0.717) is 11.6 Å². The number of benzene rings is 1. The molecule has 0 saturated heterocycles. The SMILES string of the molecule is Cc1ccc(C(=O)NC2CC2)cc1N1C=NC(C(=O)C2CCCC2)C1N. The Morgan fingerprint density at radius 3 is 2.62 bits per heavy atom. The Balaban J connectivity index is 1.52. The second-order valence-corrected chi connectivity index (χ2v) is 7.74. The van der Waals surface area contributed by atoms with E-state index in [0.717, 1.165) is 49.8 Å². The minimum Gasteiger partial charge on any atom is -0.349 e. The van der Waals surface area contributed by atoms with Gasteiger partial charge in [0.2, 0.25) is 0 Å². The summed E-state index contributed by atoms with van der Waals surface area (Å²) in [6, 6.07) is 5.40. The van der Waals surface area contributed by atoms with Gasteiger partial charge in [0.1, 0.15) is 12.2 Å². The maximum atomic E-state index is 12.7. The molecule has 26 heavy (non-hydrogen) atoms. The van der Waals surface area contributed by atoms with Crippen LogP contribution in [0.1, 0.15) is 54.4 Å². The van der Waals surface area contributed by atoms with Gasteiger partial charge in [-0.25, -0.2) is 0 Å². The van der Waals surface area contributed by atoms with Gasteiger partial charge in [0.25, 0.3) is 5.91 Å². The third kappa shape index (κ3) is 3.26. The van der Waals surface area contributed by atoms with Gasteiger partial charge in [-0.1, -0.05) is 18.9 Å². The average molecular weight is 354 g/mol. The van der Waals surface area contributed by atoms with Crippen molar-refractivity contribution in [2.45, 2.75) is 63.7 Å². The van der Waals surface area contributed by atoms with Crippen LogP contribution in [0.3, 0.4) is 0 Å². The molecule has 2 aliphatic carbocycles. The number of hydrogen-bond acceptors (Lipinski definition) is 5. The maximum Gasteiger partial charge on any atom is 0.251 e. The minimum atomic E-state index is -0.513. The molecule has 1 amide bonds. The van der Waals surface area contributed by atoms with Gasteiger partial charge in [-0.15, -0.1) is 0 Å². The lowest BCUT2D eigenvalue weighted by Crippen LogP contribution is -2.48. The summed E-state index contributed by atoms with van der Waals surface area (Å²) in [7, 11) is 0. The van der Waals surface area contributed by atoms with E-state index in [1.807, 2.05) is 30.0 Å². The molecular weight excluding hydrogens is 328 g/mol. The summed E-state index contributed by atoms with van der Waals surface area (Å²) in [6.45, 7) is 1.98. The normalized spacial score (nSPS) is 25.7. The van der Waals surface area contributed by atoms with Gasteiger partial charge < -0.3 is 16.0 Å². The van der Waals surface area contributed by atoms with Crippen molar-refractivity contribution < 1.29 is 9.59 Å². The van der Waals surface area contributed by atoms with Gasteiger partial charge in [-0.05, 0) is 50.3 Å². The van der Waals surface area contributed by atoms with Crippen molar-refractivity contribution in [3.8, 4) is 0 Å². The molecule has 1 aromatic carbocycles. The molecule has 0 aromatic heterocycles. The Bertz CT molecular complexity index is 750. The molecule has 2 saturated carbocycles. The van der Waals surface area contributed by atoms with Gasteiger partial charge in [0, 0.05) is 23.2 Å². The smallest absolute Gasteiger partial charge is 0.251 e. The first-order valence-corrected chi connectivity index (χ1v) is 9.57. The minimum absolute atomic E-state index is 0.0583. The van der Waals surface area contributed by atoms with Crippen LogP contribution in [0.25, 0.3) is 0 Å². The number of carbonyl (C=O) groups is 2. The van der Waals surface area contributed by atoms with E-state index in [1.54, 1.807) is 6.34 Å². The molecule has 6 heteroatoms. The molecule has 4 rings (SSSR count). The second kappa shape index (κ2) is 6.83. The molecule has 0 spiro atoms. The number of aliphatic imine (C=N–C) groups is 1. The molecule has 2 unspecified atom stereocenters. The predicted molar refractivity (Wildman–Crippen MR) is 101 cm³/mol. The Kier molecular flexibility index (Phi) is 4.53. The molecule has 6 nitrogen and oxygen atoms in total. The van der Waals surface area contributed by atoms with E-state index in [1.165, 1.54) is 0 Å². The largest absolute Gasteiger partial charge is 0.349 e. The van der Waals surface area contributed by atoms with Crippen molar-refractivity contribution in [3.05, 3.63) is 29.3 Å². The first-order chi connectivity index (χ1) is 12.5. The van der Waals surface area contributed by atoms with Gasteiger partial charge in [-0.3, -0.25) is 14.6 Å². The maximum absolute atomic E-state index is 12.7. The number of nitrogens with two attached hydrogens (primary N) is 1. The number of anilines is 1. The Labute approximate surface area is 153 Å². The van der Waals surface area contributed by atoms with Crippen LogP contribution in [-0.4, -0.2) is 36.3 Å². The molecule has 2 fully saturated rings. The Morgan fingerprint density at radius 1 is 1.19 bits per heavy atom. The zero-order valence-electron chi connectivity index (χ0n) is 15.1. The zero-order valence-corrected chi connectivity index (χ0v) is 15.1. The molecule has 1 aromatic rings. The lowest BCUT2D eigenvalue weighted by atomic mass is 9.95. The Morgan fingerprint density at radius 2 is 1.92 bits per heavy atom. The third-order valence-corrected chi connectivity index (χ3v) is 5.71. The van der Waals surface area contributed by atoms with Crippen LogP contribution < -0.4 is 16.0 Å². The zero-order chi connectivity index (χ0) is 18.3. The van der Waals surface area contributed by atoms with Gasteiger partial charge in [-0.2, -0.15) is 0 Å². The summed E-state index contributed by atoms with van der Waals surface area (Å²) >= 11 is 0. The van der Waals surface area contributed by atoms with E-state index < -0.39 is 12.2 Å². The van der Waals surface area contributed by atoms with E-state index in [9.17, 15) is 9.59 Å². The summed E-state index contributed by atoms with van der Waals surface area (Å²) in [6.07, 6.45) is 7.39. The average Bonchev–Trinajstić information content (AvgIpc) is 3.12. The predicted octanol–water partition coefficient (Wildman–Crippen LogP) is 2.15. The first-order valence-electron chi connectivity index (χ1n) is 9.57. The highest BCUT2D eigenvalue weighted by Gasteiger charge is 2.38. The summed E-state index contributed by atoms with van der Waals surface area (Å²) < 4.78 is 0. The standard InChI is InChI=1S/C20H26N4O2/c1-12-6-7-14(20(26)23-15-8-9-15)10-16(12)24-11-22-17(19(24)21)18(25)13-4-2-3-5-13/h6-7,10-11,13,15,17,19H,2-5,8-9,21H2,1H3,(H,23,26). The van der Waals surface area contributed by atoms with E-state index >= 15 is 0 Å². The first kappa shape index (κ1) is 17.2. The number of nitrogens with one attached hydrogen (secondary N) is 1. The van der Waals surface area contributed by atoms with Gasteiger partial charge in [0.05, 0.1) is 6.34 Å². The lowest BCUT2D eigenvalue weighted by Gasteiger charge is -2.26. The highest BCUT2D eigenvalue weighted by molar-refractivity contribution is 5.98. The van der Waals surface area contributed by atoms with Crippen LogP contribution in [0.5, 0.6) is 0 Å². The molecule has 0 radical (unpaired) electrons. The van der Waals surface area contributed by atoms with Crippen LogP contribution in [0.2, 0.25) is 0 Å². The number of ketones is 1. The quantitative estimate of drug-likeness (QED) is 0.848. The fourth-order valence-electron chi connectivity index (χ4n) is 3.90. The highest BCUT2D eigenvalue weighted by atomic mass is 16.1. The van der Waals surface area contributed by atoms with E-state index in [4.69, 9.17) is 5.73 Å². The fourth-order valence-corrected chi connectivity index (χ4v) is 3.90. The van der Waals surface area contributed by atoms with Gasteiger partial charge in [0.15, 0.2) is 5.78 Å².